The van der Waals surface area contributed by atoms with Crippen molar-refractivity contribution in [2.45, 2.75) is 38.3 Å². The molecule has 2 aromatic carbocycles. The first kappa shape index (κ1) is 20.5. The third-order valence-corrected chi connectivity index (χ3v) is 6.44. The van der Waals surface area contributed by atoms with Crippen LogP contribution in [0.2, 0.25) is 0 Å². The lowest BCUT2D eigenvalue weighted by atomic mass is 10.1. The van der Waals surface area contributed by atoms with E-state index in [1.807, 2.05) is 28.8 Å². The molecule has 1 aromatic heterocycles. The smallest absolute Gasteiger partial charge is 0.234 e. The molecule has 1 amide bonds. The third-order valence-electron chi connectivity index (χ3n) is 5.49. The average molecular weight is 422 g/mol. The summed E-state index contributed by atoms with van der Waals surface area (Å²) in [6.45, 7) is 6.26. The van der Waals surface area contributed by atoms with E-state index in [1.54, 1.807) is 6.33 Å². The van der Waals surface area contributed by atoms with Gasteiger partial charge < -0.3 is 10.2 Å². The predicted molar refractivity (Wildman–Crippen MR) is 123 cm³/mol. The van der Waals surface area contributed by atoms with E-state index in [0.717, 1.165) is 30.2 Å². The molecule has 4 rings (SSSR count). The van der Waals surface area contributed by atoms with E-state index in [9.17, 15) is 4.79 Å². The summed E-state index contributed by atoms with van der Waals surface area (Å²) in [5, 5.41) is 12.0. The summed E-state index contributed by atoms with van der Waals surface area (Å²) in [6.07, 6.45) is 5.37. The number of carbonyl (C=O) groups is 1. The van der Waals surface area contributed by atoms with Crippen molar-refractivity contribution in [2.24, 2.45) is 0 Å². The van der Waals surface area contributed by atoms with Gasteiger partial charge in [0.25, 0.3) is 0 Å². The van der Waals surface area contributed by atoms with Crippen molar-refractivity contribution in [2.75, 3.05) is 29.1 Å². The average Bonchev–Trinajstić information content (AvgIpc) is 3.24. The van der Waals surface area contributed by atoms with Crippen LogP contribution in [0.4, 0.5) is 11.4 Å². The van der Waals surface area contributed by atoms with Gasteiger partial charge in [0.1, 0.15) is 6.33 Å². The van der Waals surface area contributed by atoms with E-state index < -0.39 is 0 Å². The molecule has 1 aliphatic rings. The SMILES string of the molecule is Cc1ccc(-n2cnnc2SCC(=O)Nc2ccccc2N2CCCCC2)cc1C. The summed E-state index contributed by atoms with van der Waals surface area (Å²) in [5.74, 6) is 0.233. The Morgan fingerprint density at radius 1 is 1.07 bits per heavy atom. The first-order valence-corrected chi connectivity index (χ1v) is 11.3. The number of aromatic nitrogens is 3. The number of para-hydroxylation sites is 2. The first-order valence-electron chi connectivity index (χ1n) is 10.4. The molecule has 0 aliphatic carbocycles. The van der Waals surface area contributed by atoms with Gasteiger partial charge >= 0.3 is 0 Å². The second kappa shape index (κ2) is 9.34. The van der Waals surface area contributed by atoms with Crippen molar-refractivity contribution in [1.29, 1.82) is 0 Å². The molecule has 0 bridgehead atoms. The summed E-state index contributed by atoms with van der Waals surface area (Å²) in [6, 6.07) is 14.3. The standard InChI is InChI=1S/C23H27N5OS/c1-17-10-11-19(14-18(17)2)28-16-24-26-23(28)30-15-22(29)25-20-8-4-5-9-21(20)27-12-6-3-7-13-27/h4-5,8-11,14,16H,3,6-7,12-13,15H2,1-2H3,(H,25,29). The normalized spacial score (nSPS) is 14.0. The fourth-order valence-corrected chi connectivity index (χ4v) is 4.41. The largest absolute Gasteiger partial charge is 0.370 e. The molecule has 7 heteroatoms. The van der Waals surface area contributed by atoms with Crippen LogP contribution in [0, 0.1) is 13.8 Å². The summed E-state index contributed by atoms with van der Waals surface area (Å²) >= 11 is 1.39. The lowest BCUT2D eigenvalue weighted by Crippen LogP contribution is -2.30. The van der Waals surface area contributed by atoms with Crippen LogP contribution in [-0.2, 0) is 4.79 Å². The number of aryl methyl sites for hydroxylation is 2. The van der Waals surface area contributed by atoms with Crippen LogP contribution in [0.1, 0.15) is 30.4 Å². The lowest BCUT2D eigenvalue weighted by molar-refractivity contribution is -0.113. The number of carbonyl (C=O) groups excluding carboxylic acids is 1. The molecule has 0 unspecified atom stereocenters. The van der Waals surface area contributed by atoms with Crippen LogP contribution in [0.3, 0.4) is 0 Å². The lowest BCUT2D eigenvalue weighted by Gasteiger charge is -2.30. The Labute approximate surface area is 181 Å². The van der Waals surface area contributed by atoms with Crippen LogP contribution in [0.25, 0.3) is 5.69 Å². The zero-order valence-corrected chi connectivity index (χ0v) is 18.3. The van der Waals surface area contributed by atoms with Gasteiger partial charge in [-0.05, 0) is 68.5 Å². The van der Waals surface area contributed by atoms with Crippen LogP contribution in [0.5, 0.6) is 0 Å². The van der Waals surface area contributed by atoms with Crippen LogP contribution in [-0.4, -0.2) is 39.5 Å². The molecule has 30 heavy (non-hydrogen) atoms. The highest BCUT2D eigenvalue weighted by Gasteiger charge is 2.16. The highest BCUT2D eigenvalue weighted by atomic mass is 32.2. The number of nitrogens with one attached hydrogen (secondary N) is 1. The second-order valence-electron chi connectivity index (χ2n) is 7.65. The molecular weight excluding hydrogens is 394 g/mol. The molecule has 1 fully saturated rings. The van der Waals surface area contributed by atoms with E-state index in [0.29, 0.717) is 5.16 Å². The molecule has 1 N–H and O–H groups in total. The number of amides is 1. The Bertz CT molecular complexity index is 1030. The molecule has 3 aromatic rings. The Morgan fingerprint density at radius 3 is 2.67 bits per heavy atom. The molecule has 0 radical (unpaired) electrons. The van der Waals surface area contributed by atoms with Crippen molar-refractivity contribution in [3.63, 3.8) is 0 Å². The van der Waals surface area contributed by atoms with E-state index >= 15 is 0 Å². The van der Waals surface area contributed by atoms with Gasteiger partial charge in [0.05, 0.1) is 17.1 Å². The number of thioether (sulfide) groups is 1. The molecule has 0 spiro atoms. The van der Waals surface area contributed by atoms with Gasteiger partial charge in [-0.2, -0.15) is 0 Å². The molecular formula is C23H27N5OS. The summed E-state index contributed by atoms with van der Waals surface area (Å²) in [7, 11) is 0. The predicted octanol–water partition coefficient (Wildman–Crippen LogP) is 4.61. The molecule has 1 aliphatic heterocycles. The van der Waals surface area contributed by atoms with Gasteiger partial charge in [-0.1, -0.05) is 30.0 Å². The fraction of sp³-hybridized carbons (Fsp3) is 0.348. The fourth-order valence-electron chi connectivity index (χ4n) is 3.68. The van der Waals surface area contributed by atoms with Gasteiger partial charge in [-0.15, -0.1) is 10.2 Å². The van der Waals surface area contributed by atoms with Crippen molar-refractivity contribution < 1.29 is 4.79 Å². The number of hydrogen-bond donors (Lipinski definition) is 1. The van der Waals surface area contributed by atoms with E-state index in [4.69, 9.17) is 0 Å². The molecule has 2 heterocycles. The molecule has 0 saturated carbocycles. The monoisotopic (exact) mass is 421 g/mol. The molecule has 0 atom stereocenters. The highest BCUT2D eigenvalue weighted by Crippen LogP contribution is 2.29. The Kier molecular flexibility index (Phi) is 6.38. The number of benzene rings is 2. The van der Waals surface area contributed by atoms with Crippen molar-refractivity contribution in [3.8, 4) is 5.69 Å². The summed E-state index contributed by atoms with van der Waals surface area (Å²) in [5.41, 5.74) is 5.44. The number of anilines is 2. The van der Waals surface area contributed by atoms with Crippen LogP contribution < -0.4 is 10.2 Å². The maximum atomic E-state index is 12.7. The molecule has 1 saturated heterocycles. The number of rotatable bonds is 6. The van der Waals surface area contributed by atoms with Gasteiger partial charge in [0, 0.05) is 18.8 Å². The van der Waals surface area contributed by atoms with Crippen molar-refractivity contribution >= 4 is 29.0 Å². The Morgan fingerprint density at radius 2 is 1.87 bits per heavy atom. The Hall–Kier alpha value is -2.80. The first-order chi connectivity index (χ1) is 14.6. The number of nitrogens with zero attached hydrogens (tertiary/aromatic N) is 4. The van der Waals surface area contributed by atoms with E-state index in [1.165, 1.54) is 42.2 Å². The summed E-state index contributed by atoms with van der Waals surface area (Å²) < 4.78 is 1.92. The second-order valence-corrected chi connectivity index (χ2v) is 8.60. The minimum absolute atomic E-state index is 0.0425. The highest BCUT2D eigenvalue weighted by molar-refractivity contribution is 7.99. The zero-order chi connectivity index (χ0) is 20.9. The van der Waals surface area contributed by atoms with Crippen LogP contribution >= 0.6 is 11.8 Å². The molecule has 156 valence electrons. The van der Waals surface area contributed by atoms with E-state index in [2.05, 4.69) is 52.5 Å². The van der Waals surface area contributed by atoms with Gasteiger partial charge in [-0.25, -0.2) is 0 Å². The molecule has 6 nitrogen and oxygen atoms in total. The number of hydrogen-bond acceptors (Lipinski definition) is 5. The van der Waals surface area contributed by atoms with Gasteiger partial charge in [0.15, 0.2) is 5.16 Å². The zero-order valence-electron chi connectivity index (χ0n) is 17.5. The van der Waals surface area contributed by atoms with E-state index in [-0.39, 0.29) is 11.7 Å². The maximum absolute atomic E-state index is 12.7. The quantitative estimate of drug-likeness (QED) is 0.589. The Balaban J connectivity index is 1.42. The minimum atomic E-state index is -0.0425. The van der Waals surface area contributed by atoms with Crippen molar-refractivity contribution in [3.05, 3.63) is 59.9 Å². The maximum Gasteiger partial charge on any atom is 0.234 e. The van der Waals surface area contributed by atoms with Gasteiger partial charge in [0.2, 0.25) is 5.91 Å². The third kappa shape index (κ3) is 4.67. The van der Waals surface area contributed by atoms with Crippen molar-refractivity contribution in [1.82, 2.24) is 14.8 Å². The minimum Gasteiger partial charge on any atom is -0.370 e. The number of piperidine rings is 1. The van der Waals surface area contributed by atoms with Crippen LogP contribution in [0.15, 0.2) is 53.9 Å². The van der Waals surface area contributed by atoms with Gasteiger partial charge in [-0.3, -0.25) is 9.36 Å². The topological polar surface area (TPSA) is 63.1 Å². The summed E-state index contributed by atoms with van der Waals surface area (Å²) in [4.78, 5) is 15.0.